The SMILES string of the molecule is O=S(=O)(Nc1ccc(Cl)cc1Cl)c1ccc2c(c1)[C@H]1C=CC[C@H]1[C@@H](c1c(F)cccc1Cl)N2. The van der Waals surface area contributed by atoms with Crippen LogP contribution in [0, 0.1) is 11.7 Å². The molecule has 0 fully saturated rings. The summed E-state index contributed by atoms with van der Waals surface area (Å²) in [6, 6.07) is 13.7. The van der Waals surface area contributed by atoms with E-state index < -0.39 is 10.0 Å². The maximum absolute atomic E-state index is 14.7. The minimum Gasteiger partial charge on any atom is -0.378 e. The van der Waals surface area contributed by atoms with E-state index in [1.54, 1.807) is 30.3 Å². The molecule has 9 heteroatoms. The summed E-state index contributed by atoms with van der Waals surface area (Å²) in [6.07, 6.45) is 4.81. The summed E-state index contributed by atoms with van der Waals surface area (Å²) >= 11 is 18.4. The Hall–Kier alpha value is -2.25. The van der Waals surface area contributed by atoms with E-state index in [1.165, 1.54) is 24.3 Å². The first-order valence-corrected chi connectivity index (χ1v) is 12.9. The molecule has 1 aliphatic carbocycles. The smallest absolute Gasteiger partial charge is 0.261 e. The third-order valence-electron chi connectivity index (χ3n) is 6.13. The number of rotatable bonds is 4. The molecule has 170 valence electrons. The fraction of sp³-hybridized carbons (Fsp3) is 0.167. The van der Waals surface area contributed by atoms with Crippen LogP contribution in [-0.4, -0.2) is 8.42 Å². The first kappa shape index (κ1) is 22.5. The van der Waals surface area contributed by atoms with Crippen molar-refractivity contribution in [2.45, 2.75) is 23.3 Å². The highest BCUT2D eigenvalue weighted by molar-refractivity contribution is 7.92. The van der Waals surface area contributed by atoms with E-state index in [4.69, 9.17) is 34.8 Å². The summed E-state index contributed by atoms with van der Waals surface area (Å²) in [5.41, 5.74) is 2.25. The Morgan fingerprint density at radius 2 is 1.82 bits per heavy atom. The molecular formula is C24H18Cl3FN2O2S. The summed E-state index contributed by atoms with van der Waals surface area (Å²) in [6.45, 7) is 0. The van der Waals surface area contributed by atoms with Gasteiger partial charge in [0.15, 0.2) is 0 Å². The zero-order valence-corrected chi connectivity index (χ0v) is 20.1. The van der Waals surface area contributed by atoms with Gasteiger partial charge in [0.2, 0.25) is 0 Å². The molecule has 2 aliphatic rings. The highest BCUT2D eigenvalue weighted by Gasteiger charge is 2.40. The second-order valence-electron chi connectivity index (χ2n) is 8.09. The van der Waals surface area contributed by atoms with Crippen LogP contribution in [0.3, 0.4) is 0 Å². The van der Waals surface area contributed by atoms with Crippen LogP contribution in [0.25, 0.3) is 0 Å². The van der Waals surface area contributed by atoms with Gasteiger partial charge < -0.3 is 5.32 Å². The van der Waals surface area contributed by atoms with Crippen molar-refractivity contribution in [1.82, 2.24) is 0 Å². The Balaban J connectivity index is 1.52. The quantitative estimate of drug-likeness (QED) is 0.350. The van der Waals surface area contributed by atoms with Gasteiger partial charge in [-0.1, -0.05) is 53.0 Å². The van der Waals surface area contributed by atoms with E-state index in [1.807, 2.05) is 12.2 Å². The van der Waals surface area contributed by atoms with Crippen LogP contribution >= 0.6 is 34.8 Å². The minimum atomic E-state index is -3.90. The summed E-state index contributed by atoms with van der Waals surface area (Å²) < 4.78 is 43.4. The zero-order valence-electron chi connectivity index (χ0n) is 17.0. The molecule has 0 saturated heterocycles. The molecule has 2 N–H and O–H groups in total. The van der Waals surface area contributed by atoms with E-state index >= 15 is 0 Å². The molecule has 4 nitrogen and oxygen atoms in total. The number of benzene rings is 3. The number of anilines is 2. The first-order chi connectivity index (χ1) is 15.7. The Bertz CT molecular complexity index is 1370. The Morgan fingerprint density at radius 1 is 1.00 bits per heavy atom. The fourth-order valence-corrected chi connectivity index (χ4v) is 6.52. The lowest BCUT2D eigenvalue weighted by Crippen LogP contribution is -2.30. The van der Waals surface area contributed by atoms with Crippen LogP contribution < -0.4 is 10.0 Å². The lowest BCUT2D eigenvalue weighted by atomic mass is 9.77. The van der Waals surface area contributed by atoms with Crippen LogP contribution in [-0.2, 0) is 10.0 Å². The second-order valence-corrected chi connectivity index (χ2v) is 11.0. The molecule has 0 radical (unpaired) electrons. The minimum absolute atomic E-state index is 0.00326. The molecule has 0 aromatic heterocycles. The van der Waals surface area contributed by atoms with Crippen LogP contribution in [0.4, 0.5) is 15.8 Å². The van der Waals surface area contributed by atoms with E-state index in [9.17, 15) is 12.8 Å². The van der Waals surface area contributed by atoms with Crippen LogP contribution in [0.5, 0.6) is 0 Å². The van der Waals surface area contributed by atoms with Crippen molar-refractivity contribution < 1.29 is 12.8 Å². The first-order valence-electron chi connectivity index (χ1n) is 10.2. The van der Waals surface area contributed by atoms with Gasteiger partial charge in [-0.25, -0.2) is 12.8 Å². The molecule has 3 aromatic carbocycles. The van der Waals surface area contributed by atoms with Gasteiger partial charge in [0, 0.05) is 27.2 Å². The lowest BCUT2D eigenvalue weighted by molar-refractivity contribution is 0.413. The highest BCUT2D eigenvalue weighted by Crippen LogP contribution is 2.51. The van der Waals surface area contributed by atoms with Crippen LogP contribution in [0.2, 0.25) is 15.1 Å². The third kappa shape index (κ3) is 4.10. The van der Waals surface area contributed by atoms with Crippen molar-refractivity contribution >= 4 is 56.2 Å². The number of sulfonamides is 1. The van der Waals surface area contributed by atoms with Gasteiger partial charge in [-0.2, -0.15) is 0 Å². The number of hydrogen-bond donors (Lipinski definition) is 2. The topological polar surface area (TPSA) is 58.2 Å². The van der Waals surface area contributed by atoms with E-state index in [2.05, 4.69) is 10.0 Å². The van der Waals surface area contributed by atoms with Gasteiger partial charge in [0.05, 0.1) is 21.6 Å². The monoisotopic (exact) mass is 522 g/mol. The van der Waals surface area contributed by atoms with Crippen LogP contribution in [0.15, 0.2) is 71.6 Å². The number of allylic oxidation sites excluding steroid dienone is 2. The van der Waals surface area contributed by atoms with Gasteiger partial charge in [-0.05, 0) is 66.4 Å². The van der Waals surface area contributed by atoms with Gasteiger partial charge in [-0.3, -0.25) is 4.72 Å². The molecule has 33 heavy (non-hydrogen) atoms. The third-order valence-corrected chi connectivity index (χ3v) is 8.37. The number of fused-ring (bicyclic) bond motifs is 3. The average molecular weight is 524 g/mol. The van der Waals surface area contributed by atoms with Crippen molar-refractivity contribution in [3.8, 4) is 0 Å². The molecule has 0 spiro atoms. The predicted molar refractivity (Wildman–Crippen MR) is 131 cm³/mol. The molecular weight excluding hydrogens is 506 g/mol. The van der Waals surface area contributed by atoms with Crippen molar-refractivity contribution in [1.29, 1.82) is 0 Å². The molecule has 5 rings (SSSR count). The van der Waals surface area contributed by atoms with Crippen molar-refractivity contribution in [2.75, 3.05) is 10.0 Å². The Labute approximate surface area is 206 Å². The molecule has 0 unspecified atom stereocenters. The van der Waals surface area contributed by atoms with Crippen LogP contribution in [0.1, 0.15) is 29.5 Å². The van der Waals surface area contributed by atoms with E-state index in [0.717, 1.165) is 17.7 Å². The maximum atomic E-state index is 14.7. The van der Waals surface area contributed by atoms with Crippen molar-refractivity contribution in [2.24, 2.45) is 5.92 Å². The Morgan fingerprint density at radius 3 is 2.58 bits per heavy atom. The van der Waals surface area contributed by atoms with E-state index in [-0.39, 0.29) is 39.3 Å². The Kier molecular flexibility index (Phi) is 5.81. The second kappa shape index (κ2) is 8.51. The molecule has 0 saturated carbocycles. The van der Waals surface area contributed by atoms with Gasteiger partial charge >= 0.3 is 0 Å². The highest BCUT2D eigenvalue weighted by atomic mass is 35.5. The summed E-state index contributed by atoms with van der Waals surface area (Å²) in [5.74, 6) is -0.433. The largest absolute Gasteiger partial charge is 0.378 e. The van der Waals surface area contributed by atoms with Crippen molar-refractivity contribution in [3.63, 3.8) is 0 Å². The summed E-state index contributed by atoms with van der Waals surface area (Å²) in [4.78, 5) is 0.107. The molecule has 1 aliphatic heterocycles. The average Bonchev–Trinajstić information content (AvgIpc) is 3.26. The maximum Gasteiger partial charge on any atom is 0.261 e. The normalized spacial score (nSPS) is 21.3. The van der Waals surface area contributed by atoms with Gasteiger partial charge in [0.25, 0.3) is 10.0 Å². The van der Waals surface area contributed by atoms with E-state index in [0.29, 0.717) is 15.6 Å². The lowest BCUT2D eigenvalue weighted by Gasteiger charge is -2.38. The summed E-state index contributed by atoms with van der Waals surface area (Å²) in [5, 5.41) is 4.37. The molecule has 3 atom stereocenters. The number of halogens is 4. The number of nitrogens with one attached hydrogen (secondary N) is 2. The molecule has 3 aromatic rings. The molecule has 1 heterocycles. The zero-order chi connectivity index (χ0) is 23.3. The predicted octanol–water partition coefficient (Wildman–Crippen LogP) is 7.41. The van der Waals surface area contributed by atoms with Crippen molar-refractivity contribution in [3.05, 3.63) is 98.8 Å². The van der Waals surface area contributed by atoms with Gasteiger partial charge in [0.1, 0.15) is 5.82 Å². The molecule has 0 bridgehead atoms. The fourth-order valence-electron chi connectivity index (χ4n) is 4.61. The van der Waals surface area contributed by atoms with Gasteiger partial charge in [-0.15, -0.1) is 0 Å². The standard InChI is InChI=1S/C24H18Cl3FN2O2S/c25-13-7-9-22(19(27)11-13)30-33(31,32)14-8-10-21-17(12-14)15-3-1-4-16(15)24(29-21)23-18(26)5-2-6-20(23)28/h1-3,5-12,15-16,24,29-30H,4H2/t15-,16+,24-/m0/s1. The number of hydrogen-bond acceptors (Lipinski definition) is 3. The summed E-state index contributed by atoms with van der Waals surface area (Å²) in [7, 11) is -3.90. The molecule has 0 amide bonds.